The number of carbonyl (C=O) groups excluding carboxylic acids is 1. The third-order valence-corrected chi connectivity index (χ3v) is 3.33. The minimum absolute atomic E-state index is 0.0116. The zero-order valence-electron chi connectivity index (χ0n) is 10.5. The van der Waals surface area contributed by atoms with Crippen LogP contribution < -0.4 is 10.6 Å². The number of benzene rings is 1. The number of nitrogens with one attached hydrogen (secondary N) is 2. The average Bonchev–Trinajstić information content (AvgIpc) is 2.48. The predicted octanol–water partition coefficient (Wildman–Crippen LogP) is 1.73. The molecule has 0 fully saturated rings. The van der Waals surface area contributed by atoms with Crippen LogP contribution in [0.1, 0.15) is 11.1 Å². The van der Waals surface area contributed by atoms with Crippen molar-refractivity contribution in [1.82, 2.24) is 10.3 Å². The van der Waals surface area contributed by atoms with Gasteiger partial charge in [0.05, 0.1) is 17.9 Å². The fourth-order valence-corrected chi connectivity index (χ4v) is 2.31. The molecule has 19 heavy (non-hydrogen) atoms. The van der Waals surface area contributed by atoms with E-state index >= 15 is 0 Å². The van der Waals surface area contributed by atoms with Crippen molar-refractivity contribution in [2.75, 3.05) is 5.32 Å². The highest BCUT2D eigenvalue weighted by Crippen LogP contribution is 2.17. The number of anilines is 1. The second-order valence-electron chi connectivity index (χ2n) is 4.64. The monoisotopic (exact) mass is 253 g/mol. The molecule has 1 atom stereocenters. The van der Waals surface area contributed by atoms with Crippen LogP contribution in [0.4, 0.5) is 5.69 Å². The van der Waals surface area contributed by atoms with Crippen molar-refractivity contribution >= 4 is 11.6 Å². The minimum Gasteiger partial charge on any atom is -0.323 e. The summed E-state index contributed by atoms with van der Waals surface area (Å²) in [5, 5.41) is 6.14. The molecule has 1 aromatic heterocycles. The van der Waals surface area contributed by atoms with Gasteiger partial charge < -0.3 is 10.6 Å². The highest BCUT2D eigenvalue weighted by atomic mass is 16.2. The Balaban J connectivity index is 1.70. The van der Waals surface area contributed by atoms with E-state index in [0.717, 1.165) is 18.7 Å². The van der Waals surface area contributed by atoms with E-state index in [1.807, 2.05) is 18.2 Å². The summed E-state index contributed by atoms with van der Waals surface area (Å²) >= 11 is 0. The van der Waals surface area contributed by atoms with Gasteiger partial charge in [-0.25, -0.2) is 0 Å². The molecule has 0 unspecified atom stereocenters. The molecule has 1 aromatic carbocycles. The molecule has 2 aromatic rings. The zero-order valence-corrected chi connectivity index (χ0v) is 10.5. The van der Waals surface area contributed by atoms with Gasteiger partial charge in [0.15, 0.2) is 0 Å². The molecule has 0 aliphatic carbocycles. The number of nitrogens with zero attached hydrogens (tertiary/aromatic N) is 1. The third-order valence-electron chi connectivity index (χ3n) is 3.33. The number of rotatable bonds is 2. The highest BCUT2D eigenvalue weighted by molar-refractivity contribution is 5.95. The van der Waals surface area contributed by atoms with Crippen molar-refractivity contribution in [3.8, 4) is 0 Å². The topological polar surface area (TPSA) is 54.0 Å². The molecule has 1 aliphatic heterocycles. The normalized spacial score (nSPS) is 17.6. The van der Waals surface area contributed by atoms with Crippen LogP contribution in [0.2, 0.25) is 0 Å². The number of amides is 1. The van der Waals surface area contributed by atoms with Crippen LogP contribution in [0.15, 0.2) is 48.8 Å². The standard InChI is InChI=1S/C15H15N3O/c19-15(18-13-6-3-7-16-10-13)14-8-11-4-1-2-5-12(11)9-17-14/h1-7,10,14,17H,8-9H2,(H,18,19)/t14-/m1/s1. The first kappa shape index (κ1) is 11.9. The fourth-order valence-electron chi connectivity index (χ4n) is 2.31. The molecule has 0 spiro atoms. The summed E-state index contributed by atoms with van der Waals surface area (Å²) in [5.74, 6) is -0.0116. The van der Waals surface area contributed by atoms with Gasteiger partial charge in [-0.3, -0.25) is 9.78 Å². The summed E-state index contributed by atoms with van der Waals surface area (Å²) in [5.41, 5.74) is 3.24. The third kappa shape index (κ3) is 2.63. The second-order valence-corrected chi connectivity index (χ2v) is 4.64. The Kier molecular flexibility index (Phi) is 3.25. The first-order valence-corrected chi connectivity index (χ1v) is 6.34. The van der Waals surface area contributed by atoms with E-state index < -0.39 is 0 Å². The van der Waals surface area contributed by atoms with Crippen LogP contribution in [0.3, 0.4) is 0 Å². The lowest BCUT2D eigenvalue weighted by Crippen LogP contribution is -2.44. The Morgan fingerprint density at radius 1 is 1.21 bits per heavy atom. The summed E-state index contributed by atoms with van der Waals surface area (Å²) in [6.07, 6.45) is 4.06. The highest BCUT2D eigenvalue weighted by Gasteiger charge is 2.23. The zero-order chi connectivity index (χ0) is 13.1. The lowest BCUT2D eigenvalue weighted by molar-refractivity contribution is -0.118. The van der Waals surface area contributed by atoms with Crippen molar-refractivity contribution in [3.05, 3.63) is 59.9 Å². The lowest BCUT2D eigenvalue weighted by Gasteiger charge is -2.25. The molecule has 2 N–H and O–H groups in total. The molecule has 0 bridgehead atoms. The number of aromatic nitrogens is 1. The predicted molar refractivity (Wildman–Crippen MR) is 73.6 cm³/mol. The van der Waals surface area contributed by atoms with Gasteiger partial charge in [-0.15, -0.1) is 0 Å². The van der Waals surface area contributed by atoms with Gasteiger partial charge in [-0.1, -0.05) is 24.3 Å². The summed E-state index contributed by atoms with van der Waals surface area (Å²) in [7, 11) is 0. The average molecular weight is 253 g/mol. The maximum atomic E-state index is 12.2. The molecule has 0 radical (unpaired) electrons. The van der Waals surface area contributed by atoms with Crippen molar-refractivity contribution < 1.29 is 4.79 Å². The summed E-state index contributed by atoms with van der Waals surface area (Å²) in [4.78, 5) is 16.2. The van der Waals surface area contributed by atoms with Crippen molar-refractivity contribution in [3.63, 3.8) is 0 Å². The van der Waals surface area contributed by atoms with E-state index in [1.165, 1.54) is 11.1 Å². The van der Waals surface area contributed by atoms with Crippen LogP contribution in [0, 0.1) is 0 Å². The Bertz CT molecular complexity index is 583. The van der Waals surface area contributed by atoms with Gasteiger partial charge in [0, 0.05) is 12.7 Å². The van der Waals surface area contributed by atoms with Gasteiger partial charge >= 0.3 is 0 Å². The Morgan fingerprint density at radius 2 is 2.05 bits per heavy atom. The quantitative estimate of drug-likeness (QED) is 0.857. The molecule has 0 saturated heterocycles. The SMILES string of the molecule is O=C(Nc1cccnc1)[C@H]1Cc2ccccc2CN1. The summed E-state index contributed by atoms with van der Waals surface area (Å²) in [6, 6.07) is 11.7. The first-order chi connectivity index (χ1) is 9.33. The minimum atomic E-state index is -0.185. The van der Waals surface area contributed by atoms with E-state index in [9.17, 15) is 4.79 Å². The summed E-state index contributed by atoms with van der Waals surface area (Å²) in [6.45, 7) is 0.737. The largest absolute Gasteiger partial charge is 0.323 e. The van der Waals surface area contributed by atoms with Crippen LogP contribution in [0.25, 0.3) is 0 Å². The van der Waals surface area contributed by atoms with Crippen molar-refractivity contribution in [2.24, 2.45) is 0 Å². The molecule has 2 heterocycles. The summed E-state index contributed by atoms with van der Waals surface area (Å²) < 4.78 is 0. The van der Waals surface area contributed by atoms with E-state index in [0.29, 0.717) is 0 Å². The molecule has 96 valence electrons. The molecule has 4 nitrogen and oxygen atoms in total. The molecular formula is C15H15N3O. The van der Waals surface area contributed by atoms with Gasteiger partial charge in [0.2, 0.25) is 5.91 Å². The molecule has 1 amide bonds. The van der Waals surface area contributed by atoms with Crippen LogP contribution >= 0.6 is 0 Å². The molecule has 1 aliphatic rings. The van der Waals surface area contributed by atoms with E-state index in [-0.39, 0.29) is 11.9 Å². The Hall–Kier alpha value is -2.20. The number of pyridine rings is 1. The first-order valence-electron chi connectivity index (χ1n) is 6.34. The Morgan fingerprint density at radius 3 is 2.84 bits per heavy atom. The molecule has 3 rings (SSSR count). The molecular weight excluding hydrogens is 238 g/mol. The van der Waals surface area contributed by atoms with Crippen molar-refractivity contribution in [2.45, 2.75) is 19.0 Å². The van der Waals surface area contributed by atoms with Gasteiger partial charge in [0.1, 0.15) is 0 Å². The fraction of sp³-hybridized carbons (Fsp3) is 0.200. The van der Waals surface area contributed by atoms with E-state index in [2.05, 4.69) is 27.8 Å². The van der Waals surface area contributed by atoms with Crippen LogP contribution in [-0.2, 0) is 17.8 Å². The Labute approximate surface area is 111 Å². The number of hydrogen-bond donors (Lipinski definition) is 2. The second kappa shape index (κ2) is 5.20. The van der Waals surface area contributed by atoms with Crippen LogP contribution in [-0.4, -0.2) is 16.9 Å². The van der Waals surface area contributed by atoms with Crippen LogP contribution in [0.5, 0.6) is 0 Å². The van der Waals surface area contributed by atoms with Crippen molar-refractivity contribution in [1.29, 1.82) is 0 Å². The lowest BCUT2D eigenvalue weighted by atomic mass is 9.95. The number of hydrogen-bond acceptors (Lipinski definition) is 3. The van der Waals surface area contributed by atoms with Gasteiger partial charge in [-0.2, -0.15) is 0 Å². The number of carbonyl (C=O) groups is 1. The van der Waals surface area contributed by atoms with E-state index in [4.69, 9.17) is 0 Å². The maximum Gasteiger partial charge on any atom is 0.241 e. The smallest absolute Gasteiger partial charge is 0.241 e. The molecule has 4 heteroatoms. The number of fused-ring (bicyclic) bond motifs is 1. The van der Waals surface area contributed by atoms with Gasteiger partial charge in [-0.05, 0) is 29.7 Å². The maximum absolute atomic E-state index is 12.2. The van der Waals surface area contributed by atoms with E-state index in [1.54, 1.807) is 18.5 Å². The molecule has 0 saturated carbocycles. The van der Waals surface area contributed by atoms with Gasteiger partial charge in [0.25, 0.3) is 0 Å².